The van der Waals surface area contributed by atoms with Crippen LogP contribution in [0.15, 0.2) is 12.1 Å². The second-order valence-corrected chi connectivity index (χ2v) is 4.72. The van der Waals surface area contributed by atoms with Crippen LogP contribution in [0.1, 0.15) is 23.2 Å². The van der Waals surface area contributed by atoms with E-state index in [4.69, 9.17) is 14.2 Å². The van der Waals surface area contributed by atoms with Gasteiger partial charge in [-0.05, 0) is 31.5 Å². The fraction of sp³-hybridized carbons (Fsp3) is 0.467. The second-order valence-electron chi connectivity index (χ2n) is 4.72. The van der Waals surface area contributed by atoms with Crippen molar-refractivity contribution in [2.24, 2.45) is 0 Å². The van der Waals surface area contributed by atoms with Crippen molar-refractivity contribution in [2.45, 2.75) is 18.9 Å². The molecule has 0 aromatic heterocycles. The predicted molar refractivity (Wildman–Crippen MR) is 76.5 cm³/mol. The first-order chi connectivity index (χ1) is 10.1. The molecule has 1 saturated heterocycles. The highest BCUT2D eigenvalue weighted by molar-refractivity contribution is 6.46. The highest BCUT2D eigenvalue weighted by atomic mass is 16.5. The first-order valence-corrected chi connectivity index (χ1v) is 6.75. The van der Waals surface area contributed by atoms with Gasteiger partial charge in [0.1, 0.15) is 0 Å². The Balaban J connectivity index is 2.38. The van der Waals surface area contributed by atoms with Crippen molar-refractivity contribution in [3.8, 4) is 17.2 Å². The molecule has 0 radical (unpaired) electrons. The van der Waals surface area contributed by atoms with Gasteiger partial charge in [-0.1, -0.05) is 0 Å². The Morgan fingerprint density at radius 1 is 1.10 bits per heavy atom. The number of hydrogen-bond donors (Lipinski definition) is 1. The van der Waals surface area contributed by atoms with E-state index in [1.807, 2.05) is 0 Å². The van der Waals surface area contributed by atoms with E-state index in [1.165, 1.54) is 27.4 Å². The molecule has 1 fully saturated rings. The van der Waals surface area contributed by atoms with E-state index in [0.29, 0.717) is 17.9 Å². The van der Waals surface area contributed by atoms with Gasteiger partial charge >= 0.3 is 0 Å². The maximum Gasteiger partial charge on any atom is 0.234 e. The molecule has 6 nitrogen and oxygen atoms in total. The number of carbonyl (C=O) groups excluding carboxylic acids is 2. The van der Waals surface area contributed by atoms with Crippen LogP contribution in [0.25, 0.3) is 0 Å². The van der Waals surface area contributed by atoms with Crippen LogP contribution in [0.3, 0.4) is 0 Å². The number of carbonyl (C=O) groups is 2. The minimum absolute atomic E-state index is 0.189. The Morgan fingerprint density at radius 2 is 1.81 bits per heavy atom. The first-order valence-electron chi connectivity index (χ1n) is 6.75. The van der Waals surface area contributed by atoms with E-state index in [2.05, 4.69) is 5.32 Å². The molecule has 0 spiro atoms. The van der Waals surface area contributed by atoms with Crippen molar-refractivity contribution >= 4 is 11.6 Å². The number of Topliss-reactive ketones (excluding diaryl/α,β-unsaturated/α-hetero) is 2. The predicted octanol–water partition coefficient (Wildman–Crippen LogP) is 1.22. The van der Waals surface area contributed by atoms with Gasteiger partial charge in [-0.3, -0.25) is 9.59 Å². The van der Waals surface area contributed by atoms with Gasteiger partial charge in [0.15, 0.2) is 11.5 Å². The number of benzene rings is 1. The molecule has 0 saturated carbocycles. The molecule has 1 aromatic carbocycles. The van der Waals surface area contributed by atoms with Crippen LogP contribution in [0.5, 0.6) is 17.2 Å². The molecule has 6 heteroatoms. The summed E-state index contributed by atoms with van der Waals surface area (Å²) in [7, 11) is 4.37. The van der Waals surface area contributed by atoms with E-state index >= 15 is 0 Å². The molecule has 0 bridgehead atoms. The number of rotatable bonds is 6. The van der Waals surface area contributed by atoms with Crippen LogP contribution < -0.4 is 19.5 Å². The molecule has 114 valence electrons. The Bertz CT molecular complexity index is 549. The number of ether oxygens (including phenoxy) is 3. The standard InChI is InChI=1S/C15H19NO5/c1-19-11-7-6-9(14(20-2)15(11)21-3)12(17)13(18)10-5-4-8-16-10/h6-7,10,16H,4-5,8H2,1-3H3. The summed E-state index contributed by atoms with van der Waals surface area (Å²) in [5, 5.41) is 3.03. The molecule has 2 rings (SSSR count). The van der Waals surface area contributed by atoms with Gasteiger partial charge in [-0.2, -0.15) is 0 Å². The molecule has 21 heavy (non-hydrogen) atoms. The van der Waals surface area contributed by atoms with Gasteiger partial charge in [-0.25, -0.2) is 0 Å². The third-order valence-corrected chi connectivity index (χ3v) is 3.55. The molecule has 1 aliphatic rings. The maximum absolute atomic E-state index is 12.4. The van der Waals surface area contributed by atoms with Crippen LogP contribution in [0, 0.1) is 0 Å². The van der Waals surface area contributed by atoms with E-state index in [1.54, 1.807) is 6.07 Å². The van der Waals surface area contributed by atoms with Crippen LogP contribution >= 0.6 is 0 Å². The minimum Gasteiger partial charge on any atom is -0.493 e. The van der Waals surface area contributed by atoms with Crippen LogP contribution in [-0.4, -0.2) is 45.5 Å². The van der Waals surface area contributed by atoms with Crippen molar-refractivity contribution in [1.82, 2.24) is 5.32 Å². The molecule has 1 atom stereocenters. The van der Waals surface area contributed by atoms with Crippen molar-refractivity contribution in [3.05, 3.63) is 17.7 Å². The smallest absolute Gasteiger partial charge is 0.234 e. The third kappa shape index (κ3) is 2.85. The Kier molecular flexibility index (Phi) is 4.80. The number of hydrogen-bond acceptors (Lipinski definition) is 6. The number of ketones is 2. The lowest BCUT2D eigenvalue weighted by atomic mass is 9.99. The SMILES string of the molecule is COc1ccc(C(=O)C(=O)C2CCCN2)c(OC)c1OC. The fourth-order valence-electron chi connectivity index (χ4n) is 2.48. The fourth-order valence-corrected chi connectivity index (χ4v) is 2.48. The molecule has 1 heterocycles. The van der Waals surface area contributed by atoms with Crippen molar-refractivity contribution in [3.63, 3.8) is 0 Å². The van der Waals surface area contributed by atoms with Gasteiger partial charge < -0.3 is 19.5 Å². The van der Waals surface area contributed by atoms with Gasteiger partial charge in [0.2, 0.25) is 17.3 Å². The average molecular weight is 293 g/mol. The summed E-state index contributed by atoms with van der Waals surface area (Å²) in [5.41, 5.74) is 0.189. The zero-order valence-corrected chi connectivity index (χ0v) is 12.4. The molecule has 1 aromatic rings. The van der Waals surface area contributed by atoms with E-state index in [0.717, 1.165) is 13.0 Å². The molecule has 0 amide bonds. The number of methoxy groups -OCH3 is 3. The van der Waals surface area contributed by atoms with Crippen LogP contribution in [-0.2, 0) is 4.79 Å². The highest BCUT2D eigenvalue weighted by Crippen LogP contribution is 2.40. The summed E-state index contributed by atoms with van der Waals surface area (Å²) in [4.78, 5) is 24.6. The lowest BCUT2D eigenvalue weighted by molar-refractivity contribution is -0.116. The summed E-state index contributed by atoms with van der Waals surface area (Å²) in [6.45, 7) is 0.757. The maximum atomic E-state index is 12.4. The molecule has 1 unspecified atom stereocenters. The average Bonchev–Trinajstić information content (AvgIpc) is 3.06. The first kappa shape index (κ1) is 15.3. The topological polar surface area (TPSA) is 73.9 Å². The monoisotopic (exact) mass is 293 g/mol. The van der Waals surface area contributed by atoms with Gasteiger partial charge in [0, 0.05) is 0 Å². The van der Waals surface area contributed by atoms with Crippen molar-refractivity contribution < 1.29 is 23.8 Å². The van der Waals surface area contributed by atoms with Crippen molar-refractivity contribution in [1.29, 1.82) is 0 Å². The van der Waals surface area contributed by atoms with Crippen molar-refractivity contribution in [2.75, 3.05) is 27.9 Å². The Hall–Kier alpha value is -2.08. The summed E-state index contributed by atoms with van der Waals surface area (Å²) in [5.74, 6) is -0.0613. The summed E-state index contributed by atoms with van der Waals surface area (Å²) >= 11 is 0. The third-order valence-electron chi connectivity index (χ3n) is 3.55. The van der Waals surface area contributed by atoms with Crippen LogP contribution in [0.2, 0.25) is 0 Å². The minimum atomic E-state index is -0.577. The summed E-state index contributed by atoms with van der Waals surface area (Å²) in [6, 6.07) is 2.70. The zero-order chi connectivity index (χ0) is 15.4. The van der Waals surface area contributed by atoms with E-state index in [9.17, 15) is 9.59 Å². The van der Waals surface area contributed by atoms with Gasteiger partial charge in [0.25, 0.3) is 0 Å². The van der Waals surface area contributed by atoms with Gasteiger partial charge in [-0.15, -0.1) is 0 Å². The zero-order valence-electron chi connectivity index (χ0n) is 12.4. The Morgan fingerprint density at radius 3 is 2.33 bits per heavy atom. The van der Waals surface area contributed by atoms with Gasteiger partial charge in [0.05, 0.1) is 32.9 Å². The van der Waals surface area contributed by atoms with E-state index in [-0.39, 0.29) is 11.3 Å². The summed E-state index contributed by atoms with van der Waals surface area (Å²) in [6.07, 6.45) is 1.58. The quantitative estimate of drug-likeness (QED) is 0.628. The lowest BCUT2D eigenvalue weighted by Gasteiger charge is -2.15. The summed E-state index contributed by atoms with van der Waals surface area (Å²) < 4.78 is 15.6. The van der Waals surface area contributed by atoms with Crippen LogP contribution in [0.4, 0.5) is 0 Å². The molecule has 1 aliphatic heterocycles. The molecular weight excluding hydrogens is 274 g/mol. The number of nitrogens with one attached hydrogen (secondary N) is 1. The lowest BCUT2D eigenvalue weighted by Crippen LogP contribution is -2.36. The second kappa shape index (κ2) is 6.58. The largest absolute Gasteiger partial charge is 0.493 e. The normalized spacial score (nSPS) is 17.4. The molecule has 0 aliphatic carbocycles. The molecule has 1 N–H and O–H groups in total. The highest BCUT2D eigenvalue weighted by Gasteiger charge is 2.31. The molecular formula is C15H19NO5. The van der Waals surface area contributed by atoms with E-state index < -0.39 is 17.6 Å². The Labute approximate surface area is 123 Å².